The molecule has 1 rings (SSSR count). The summed E-state index contributed by atoms with van der Waals surface area (Å²) >= 11 is 0. The van der Waals surface area contributed by atoms with E-state index < -0.39 is 16.1 Å². The van der Waals surface area contributed by atoms with Gasteiger partial charge in [-0.05, 0) is 51.5 Å². The minimum absolute atomic E-state index is 0.183. The summed E-state index contributed by atoms with van der Waals surface area (Å²) in [5.74, 6) is 0.290. The molecule has 0 spiro atoms. The fraction of sp³-hybridized carbons (Fsp3) is 0.588. The molecule has 0 aliphatic rings. The van der Waals surface area contributed by atoms with Crippen LogP contribution in [0.1, 0.15) is 27.2 Å². The molecule has 0 unspecified atom stereocenters. The number of carbonyl (C=O) groups is 1. The zero-order valence-electron chi connectivity index (χ0n) is 15.5. The standard InChI is InChI=1S/C17H28N2O5S/c1-13(2)23-12-6-11-18-17(20)14(3)24-16-9-7-15(8-10-16)19(4)25(5,21)22/h7-10,13-14H,6,11-12H2,1-5H3,(H,18,20)/t14-/m0/s1. The minimum Gasteiger partial charge on any atom is -0.481 e. The Kier molecular flexibility index (Phi) is 8.18. The molecular weight excluding hydrogens is 344 g/mol. The van der Waals surface area contributed by atoms with Gasteiger partial charge in [0.15, 0.2) is 6.10 Å². The molecular formula is C17H28N2O5S. The van der Waals surface area contributed by atoms with E-state index in [-0.39, 0.29) is 12.0 Å². The number of sulfonamides is 1. The lowest BCUT2D eigenvalue weighted by molar-refractivity contribution is -0.127. The molecule has 25 heavy (non-hydrogen) atoms. The molecule has 0 aliphatic carbocycles. The first-order chi connectivity index (χ1) is 11.6. The molecule has 1 amide bonds. The molecule has 142 valence electrons. The van der Waals surface area contributed by atoms with Crippen molar-refractivity contribution < 1.29 is 22.7 Å². The van der Waals surface area contributed by atoms with Gasteiger partial charge in [-0.1, -0.05) is 0 Å². The number of carbonyl (C=O) groups excluding carboxylic acids is 1. The Bertz CT molecular complexity index is 644. The van der Waals surface area contributed by atoms with Crippen molar-refractivity contribution in [2.75, 3.05) is 30.8 Å². The van der Waals surface area contributed by atoms with Gasteiger partial charge in [-0.25, -0.2) is 8.42 Å². The summed E-state index contributed by atoms with van der Waals surface area (Å²) in [5, 5.41) is 2.79. The van der Waals surface area contributed by atoms with Crippen LogP contribution in [0.5, 0.6) is 5.75 Å². The van der Waals surface area contributed by atoms with Crippen molar-refractivity contribution in [3.63, 3.8) is 0 Å². The number of anilines is 1. The van der Waals surface area contributed by atoms with Gasteiger partial charge in [0, 0.05) is 20.2 Å². The fourth-order valence-corrected chi connectivity index (χ4v) is 2.43. The number of hydrogen-bond acceptors (Lipinski definition) is 5. The van der Waals surface area contributed by atoms with Gasteiger partial charge < -0.3 is 14.8 Å². The maximum absolute atomic E-state index is 12.0. The third-order valence-electron chi connectivity index (χ3n) is 3.45. The molecule has 0 heterocycles. The van der Waals surface area contributed by atoms with Gasteiger partial charge in [0.1, 0.15) is 5.75 Å². The Morgan fingerprint density at radius 1 is 1.20 bits per heavy atom. The van der Waals surface area contributed by atoms with Crippen molar-refractivity contribution in [1.29, 1.82) is 0 Å². The molecule has 1 atom stereocenters. The van der Waals surface area contributed by atoms with E-state index in [0.717, 1.165) is 12.7 Å². The molecule has 0 saturated heterocycles. The van der Waals surface area contributed by atoms with Crippen LogP contribution in [0.2, 0.25) is 0 Å². The Morgan fingerprint density at radius 2 is 1.80 bits per heavy atom. The molecule has 8 heteroatoms. The first-order valence-electron chi connectivity index (χ1n) is 8.21. The van der Waals surface area contributed by atoms with Crippen molar-refractivity contribution in [2.24, 2.45) is 0 Å². The van der Waals surface area contributed by atoms with Crippen LogP contribution in [0.3, 0.4) is 0 Å². The van der Waals surface area contributed by atoms with Crippen LogP contribution in [0, 0.1) is 0 Å². The van der Waals surface area contributed by atoms with Gasteiger partial charge in [0.2, 0.25) is 10.0 Å². The second-order valence-electron chi connectivity index (χ2n) is 6.05. The molecule has 0 radical (unpaired) electrons. The van der Waals surface area contributed by atoms with E-state index in [0.29, 0.717) is 24.6 Å². The molecule has 0 bridgehead atoms. The predicted octanol–water partition coefficient (Wildman–Crippen LogP) is 1.78. The quantitative estimate of drug-likeness (QED) is 0.633. The van der Waals surface area contributed by atoms with Crippen LogP contribution < -0.4 is 14.4 Å². The summed E-state index contributed by atoms with van der Waals surface area (Å²) in [6.45, 7) is 6.72. The Balaban J connectivity index is 2.46. The predicted molar refractivity (Wildman–Crippen MR) is 98.5 cm³/mol. The van der Waals surface area contributed by atoms with Crippen molar-refractivity contribution in [3.8, 4) is 5.75 Å². The van der Waals surface area contributed by atoms with Gasteiger partial charge in [0.05, 0.1) is 18.0 Å². The van der Waals surface area contributed by atoms with Gasteiger partial charge in [0.25, 0.3) is 5.91 Å². The summed E-state index contributed by atoms with van der Waals surface area (Å²) in [7, 11) is -1.83. The van der Waals surface area contributed by atoms with Crippen molar-refractivity contribution in [1.82, 2.24) is 5.32 Å². The summed E-state index contributed by atoms with van der Waals surface area (Å²) < 4.78 is 35.2. The Labute approximate surface area is 150 Å². The molecule has 0 fully saturated rings. The van der Waals surface area contributed by atoms with Crippen LogP contribution in [-0.2, 0) is 19.6 Å². The molecule has 1 N–H and O–H groups in total. The number of nitrogens with zero attached hydrogens (tertiary/aromatic N) is 1. The Morgan fingerprint density at radius 3 is 2.32 bits per heavy atom. The van der Waals surface area contributed by atoms with Gasteiger partial charge in [-0.2, -0.15) is 0 Å². The topological polar surface area (TPSA) is 84.9 Å². The lowest BCUT2D eigenvalue weighted by Crippen LogP contribution is -2.37. The highest BCUT2D eigenvalue weighted by atomic mass is 32.2. The van der Waals surface area contributed by atoms with Crippen molar-refractivity contribution >= 4 is 21.6 Å². The van der Waals surface area contributed by atoms with E-state index in [4.69, 9.17) is 9.47 Å². The van der Waals surface area contributed by atoms with Gasteiger partial charge in [-0.3, -0.25) is 9.10 Å². The normalized spacial score (nSPS) is 12.7. The average Bonchev–Trinajstić information content (AvgIpc) is 2.53. The minimum atomic E-state index is -3.31. The number of hydrogen-bond donors (Lipinski definition) is 1. The second-order valence-corrected chi connectivity index (χ2v) is 8.06. The van der Waals surface area contributed by atoms with Crippen LogP contribution >= 0.6 is 0 Å². The number of benzene rings is 1. The van der Waals surface area contributed by atoms with Crippen molar-refractivity contribution in [2.45, 2.75) is 39.4 Å². The number of amides is 1. The maximum Gasteiger partial charge on any atom is 0.260 e. The fourth-order valence-electron chi connectivity index (χ4n) is 1.93. The van der Waals surface area contributed by atoms with Crippen LogP contribution in [0.25, 0.3) is 0 Å². The second kappa shape index (κ2) is 9.62. The molecule has 0 saturated carbocycles. The highest BCUT2D eigenvalue weighted by Crippen LogP contribution is 2.21. The monoisotopic (exact) mass is 372 g/mol. The lowest BCUT2D eigenvalue weighted by atomic mass is 10.3. The highest BCUT2D eigenvalue weighted by Gasteiger charge is 2.15. The van der Waals surface area contributed by atoms with E-state index in [1.165, 1.54) is 11.4 Å². The SMILES string of the molecule is CC(C)OCCCNC(=O)[C@H](C)Oc1ccc(N(C)S(C)(=O)=O)cc1. The first-order valence-corrected chi connectivity index (χ1v) is 10.1. The number of ether oxygens (including phenoxy) is 2. The summed E-state index contributed by atoms with van der Waals surface area (Å²) in [6, 6.07) is 6.53. The molecule has 0 aliphatic heterocycles. The first kappa shape index (κ1) is 21.2. The summed E-state index contributed by atoms with van der Waals surface area (Å²) in [5.41, 5.74) is 0.525. The van der Waals surface area contributed by atoms with E-state index >= 15 is 0 Å². The summed E-state index contributed by atoms with van der Waals surface area (Å²) in [6.07, 6.45) is 1.41. The highest BCUT2D eigenvalue weighted by molar-refractivity contribution is 7.92. The summed E-state index contributed by atoms with van der Waals surface area (Å²) in [4.78, 5) is 12.0. The van der Waals surface area contributed by atoms with Gasteiger partial charge >= 0.3 is 0 Å². The molecule has 1 aromatic rings. The number of nitrogens with one attached hydrogen (secondary N) is 1. The van der Waals surface area contributed by atoms with Crippen molar-refractivity contribution in [3.05, 3.63) is 24.3 Å². The molecule has 7 nitrogen and oxygen atoms in total. The lowest BCUT2D eigenvalue weighted by Gasteiger charge is -2.18. The molecule has 0 aromatic heterocycles. The smallest absolute Gasteiger partial charge is 0.260 e. The third-order valence-corrected chi connectivity index (χ3v) is 4.66. The Hall–Kier alpha value is -1.80. The maximum atomic E-state index is 12.0. The average molecular weight is 372 g/mol. The largest absolute Gasteiger partial charge is 0.481 e. The number of rotatable bonds is 10. The van der Waals surface area contributed by atoms with E-state index in [1.807, 2.05) is 13.8 Å². The zero-order chi connectivity index (χ0) is 19.0. The van der Waals surface area contributed by atoms with Gasteiger partial charge in [-0.15, -0.1) is 0 Å². The molecule has 1 aromatic carbocycles. The van der Waals surface area contributed by atoms with Crippen LogP contribution in [0.4, 0.5) is 5.69 Å². The van der Waals surface area contributed by atoms with Crippen LogP contribution in [0.15, 0.2) is 24.3 Å². The zero-order valence-corrected chi connectivity index (χ0v) is 16.3. The third kappa shape index (κ3) is 7.74. The van der Waals surface area contributed by atoms with E-state index in [1.54, 1.807) is 31.2 Å². The van der Waals surface area contributed by atoms with E-state index in [2.05, 4.69) is 5.32 Å². The van der Waals surface area contributed by atoms with Crippen LogP contribution in [-0.4, -0.2) is 53.0 Å². The van der Waals surface area contributed by atoms with E-state index in [9.17, 15) is 13.2 Å².